The van der Waals surface area contributed by atoms with Crippen molar-refractivity contribution < 1.29 is 38.1 Å². The fourth-order valence-electron chi connectivity index (χ4n) is 3.59. The summed E-state index contributed by atoms with van der Waals surface area (Å²) in [6.07, 6.45) is 2.75. The van der Waals surface area contributed by atoms with Crippen molar-refractivity contribution in [2.45, 2.75) is 47.0 Å². The zero-order valence-corrected chi connectivity index (χ0v) is 26.1. The van der Waals surface area contributed by atoms with E-state index in [4.69, 9.17) is 30.4 Å². The Balaban J connectivity index is 0.000000430. The van der Waals surface area contributed by atoms with Crippen molar-refractivity contribution in [2.24, 2.45) is 0 Å². The molecule has 238 valence electrons. The van der Waals surface area contributed by atoms with Crippen LogP contribution in [0.3, 0.4) is 0 Å². The van der Waals surface area contributed by atoms with Gasteiger partial charge in [-0.15, -0.1) is 0 Å². The standard InChI is InChI=1S/C16H24N2O4.C15H22N2O4/c1-4-6-9-21-11-15(19)18(3)14-10-12(17)7-8-13(14)16(20)22-5-2;1-4-8-20-10-14(18)17(3)13-9-11(16)6-7-12(13)15(19)21-5-2/h7-8,10H,4-6,9,11,17H2,1-3H3;6-7,9H,4-5,8,10,16H2,1-3H3. The molecule has 43 heavy (non-hydrogen) atoms. The lowest BCUT2D eigenvalue weighted by atomic mass is 10.1. The molecule has 0 unspecified atom stereocenters. The summed E-state index contributed by atoms with van der Waals surface area (Å²) in [5.74, 6) is -1.46. The van der Waals surface area contributed by atoms with E-state index < -0.39 is 11.9 Å². The number of amides is 2. The topological polar surface area (TPSA) is 164 Å². The highest BCUT2D eigenvalue weighted by atomic mass is 16.5. The number of carbonyl (C=O) groups is 4. The van der Waals surface area contributed by atoms with E-state index in [1.165, 1.54) is 9.80 Å². The molecule has 12 heteroatoms. The quantitative estimate of drug-likeness (QED) is 0.173. The summed E-state index contributed by atoms with van der Waals surface area (Å²) in [5, 5.41) is 0. The van der Waals surface area contributed by atoms with Crippen molar-refractivity contribution in [3.63, 3.8) is 0 Å². The number of nitrogens with zero attached hydrogens (tertiary/aromatic N) is 2. The van der Waals surface area contributed by atoms with Gasteiger partial charge in [-0.05, 0) is 63.1 Å². The SMILES string of the molecule is CCCCOCC(=O)N(C)c1cc(N)ccc1C(=O)OCC.CCCOCC(=O)N(C)c1cc(N)ccc1C(=O)OCC. The maximum Gasteiger partial charge on any atom is 0.340 e. The van der Waals surface area contributed by atoms with Gasteiger partial charge < -0.3 is 40.2 Å². The van der Waals surface area contributed by atoms with Crippen LogP contribution < -0.4 is 21.3 Å². The van der Waals surface area contributed by atoms with Crippen LogP contribution in [0.2, 0.25) is 0 Å². The van der Waals surface area contributed by atoms with Crippen molar-refractivity contribution in [1.29, 1.82) is 0 Å². The molecule has 0 aliphatic rings. The fraction of sp³-hybridized carbons (Fsp3) is 0.484. The first-order valence-corrected chi connectivity index (χ1v) is 14.3. The smallest absolute Gasteiger partial charge is 0.340 e. The van der Waals surface area contributed by atoms with Gasteiger partial charge in [0.15, 0.2) is 0 Å². The molecule has 0 aliphatic heterocycles. The molecule has 4 N–H and O–H groups in total. The Morgan fingerprint density at radius 1 is 0.651 bits per heavy atom. The number of hydrogen-bond acceptors (Lipinski definition) is 10. The number of nitrogens with two attached hydrogens (primary N) is 2. The number of likely N-dealkylation sites (N-methyl/N-ethyl adjacent to an activating group) is 2. The van der Waals surface area contributed by atoms with Crippen molar-refractivity contribution in [2.75, 3.05) is 75.0 Å². The molecule has 0 saturated heterocycles. The second-order valence-corrected chi connectivity index (χ2v) is 9.36. The Morgan fingerprint density at radius 3 is 1.44 bits per heavy atom. The van der Waals surface area contributed by atoms with Gasteiger partial charge in [-0.1, -0.05) is 20.3 Å². The third kappa shape index (κ3) is 12.3. The monoisotopic (exact) mass is 602 g/mol. The van der Waals surface area contributed by atoms with Crippen LogP contribution in [0.25, 0.3) is 0 Å². The number of benzene rings is 2. The highest BCUT2D eigenvalue weighted by molar-refractivity contribution is 6.04. The number of carbonyl (C=O) groups excluding carboxylic acids is 4. The van der Waals surface area contributed by atoms with Crippen LogP contribution >= 0.6 is 0 Å². The summed E-state index contributed by atoms with van der Waals surface area (Å²) < 4.78 is 20.5. The first-order valence-electron chi connectivity index (χ1n) is 14.3. The second kappa shape index (κ2) is 19.9. The molecule has 0 bridgehead atoms. The maximum atomic E-state index is 12.2. The molecule has 2 rings (SSSR count). The molecule has 2 amide bonds. The van der Waals surface area contributed by atoms with Crippen molar-refractivity contribution in [3.05, 3.63) is 47.5 Å². The number of unbranched alkanes of at least 4 members (excludes halogenated alkanes) is 1. The number of anilines is 4. The van der Waals surface area contributed by atoms with E-state index in [0.717, 1.165) is 19.3 Å². The summed E-state index contributed by atoms with van der Waals surface area (Å²) >= 11 is 0. The molecule has 0 saturated carbocycles. The van der Waals surface area contributed by atoms with Gasteiger partial charge in [0.05, 0.1) is 35.7 Å². The molecule has 0 spiro atoms. The zero-order chi connectivity index (χ0) is 32.4. The summed E-state index contributed by atoms with van der Waals surface area (Å²) in [4.78, 5) is 50.9. The van der Waals surface area contributed by atoms with Gasteiger partial charge in [-0.25, -0.2) is 9.59 Å². The highest BCUT2D eigenvalue weighted by Gasteiger charge is 2.21. The van der Waals surface area contributed by atoms with Crippen LogP contribution in [-0.4, -0.2) is 77.5 Å². The first-order chi connectivity index (χ1) is 20.5. The van der Waals surface area contributed by atoms with Crippen LogP contribution in [0, 0.1) is 0 Å². The van der Waals surface area contributed by atoms with Crippen LogP contribution in [0.4, 0.5) is 22.7 Å². The molecule has 0 heterocycles. The molecule has 2 aromatic rings. The van der Waals surface area contributed by atoms with Crippen molar-refractivity contribution in [3.8, 4) is 0 Å². The lowest BCUT2D eigenvalue weighted by molar-refractivity contribution is -0.123. The molecule has 0 fully saturated rings. The van der Waals surface area contributed by atoms with Gasteiger partial charge in [-0.3, -0.25) is 9.59 Å². The van der Waals surface area contributed by atoms with E-state index in [1.54, 1.807) is 64.3 Å². The number of hydrogen-bond donors (Lipinski definition) is 2. The summed E-state index contributed by atoms with van der Waals surface area (Å²) in [6.45, 7) is 8.97. The second-order valence-electron chi connectivity index (χ2n) is 9.36. The Labute approximate surface area is 254 Å². The predicted octanol–water partition coefficient (Wildman–Crippen LogP) is 4.06. The van der Waals surface area contributed by atoms with Gasteiger partial charge in [0.25, 0.3) is 11.8 Å². The third-order valence-corrected chi connectivity index (χ3v) is 5.95. The van der Waals surface area contributed by atoms with Gasteiger partial charge >= 0.3 is 11.9 Å². The molecule has 0 aromatic heterocycles. The summed E-state index contributed by atoms with van der Waals surface area (Å²) in [7, 11) is 3.16. The van der Waals surface area contributed by atoms with Crippen molar-refractivity contribution >= 4 is 46.5 Å². The van der Waals surface area contributed by atoms with Crippen LogP contribution in [0.5, 0.6) is 0 Å². The molecular weight excluding hydrogens is 556 g/mol. The number of esters is 2. The third-order valence-electron chi connectivity index (χ3n) is 5.95. The molecule has 0 atom stereocenters. The molecule has 0 aliphatic carbocycles. The Kier molecular flexibility index (Phi) is 17.0. The Hall–Kier alpha value is -4.16. The van der Waals surface area contributed by atoms with E-state index in [-0.39, 0.29) is 38.2 Å². The average Bonchev–Trinajstić information content (AvgIpc) is 2.98. The highest BCUT2D eigenvalue weighted by Crippen LogP contribution is 2.25. The number of rotatable bonds is 15. The van der Waals surface area contributed by atoms with E-state index >= 15 is 0 Å². The number of ether oxygens (including phenoxy) is 4. The zero-order valence-electron chi connectivity index (χ0n) is 26.1. The lowest BCUT2D eigenvalue weighted by Crippen LogP contribution is -2.31. The molecule has 0 radical (unpaired) electrons. The fourth-order valence-corrected chi connectivity index (χ4v) is 3.59. The van der Waals surface area contributed by atoms with Gasteiger partial charge in [0.1, 0.15) is 13.2 Å². The Bertz CT molecular complexity index is 1200. The molecule has 12 nitrogen and oxygen atoms in total. The number of nitrogen functional groups attached to an aromatic ring is 2. The minimum absolute atomic E-state index is 0.0342. The van der Waals surface area contributed by atoms with Gasteiger partial charge in [-0.2, -0.15) is 0 Å². The van der Waals surface area contributed by atoms with E-state index in [1.807, 2.05) is 6.92 Å². The van der Waals surface area contributed by atoms with Gasteiger partial charge in [0.2, 0.25) is 0 Å². The van der Waals surface area contributed by atoms with Crippen LogP contribution in [0.1, 0.15) is 67.7 Å². The maximum absolute atomic E-state index is 12.2. The minimum atomic E-state index is -0.485. The lowest BCUT2D eigenvalue weighted by Gasteiger charge is -2.20. The van der Waals surface area contributed by atoms with E-state index in [2.05, 4.69) is 6.92 Å². The largest absolute Gasteiger partial charge is 0.462 e. The van der Waals surface area contributed by atoms with Crippen molar-refractivity contribution in [1.82, 2.24) is 0 Å². The summed E-state index contributed by atoms with van der Waals surface area (Å²) in [5.41, 5.74) is 13.9. The van der Waals surface area contributed by atoms with Crippen LogP contribution in [0.15, 0.2) is 36.4 Å². The van der Waals surface area contributed by atoms with Crippen LogP contribution in [-0.2, 0) is 28.5 Å². The molecular formula is C31H46N4O8. The minimum Gasteiger partial charge on any atom is -0.462 e. The normalized spacial score (nSPS) is 10.3. The first kappa shape index (κ1) is 36.9. The van der Waals surface area contributed by atoms with E-state index in [0.29, 0.717) is 47.1 Å². The Morgan fingerprint density at radius 2 is 1.07 bits per heavy atom. The van der Waals surface area contributed by atoms with Gasteiger partial charge in [0, 0.05) is 38.7 Å². The molecule has 2 aromatic carbocycles. The average molecular weight is 603 g/mol. The summed E-state index contributed by atoms with van der Waals surface area (Å²) in [6, 6.07) is 9.47. The predicted molar refractivity (Wildman–Crippen MR) is 167 cm³/mol. The van der Waals surface area contributed by atoms with E-state index in [9.17, 15) is 19.2 Å².